The van der Waals surface area contributed by atoms with E-state index in [2.05, 4.69) is 0 Å². The van der Waals surface area contributed by atoms with E-state index in [4.69, 9.17) is 10.9 Å². The molecule has 0 aliphatic heterocycles. The van der Waals surface area contributed by atoms with Crippen LogP contribution in [0.3, 0.4) is 0 Å². The number of halogens is 1. The van der Waals surface area contributed by atoms with Crippen LogP contribution in [0.5, 0.6) is 0 Å². The summed E-state index contributed by atoms with van der Waals surface area (Å²) in [6, 6.07) is 5.03. The summed E-state index contributed by atoms with van der Waals surface area (Å²) in [6.45, 7) is 0. The summed E-state index contributed by atoms with van der Waals surface area (Å²) in [5.74, 6) is 4.55. The summed E-state index contributed by atoms with van der Waals surface area (Å²) in [5.41, 5.74) is 0.0995. The Morgan fingerprint density at radius 3 is 2.75 bits per heavy atom. The van der Waals surface area contributed by atoms with Gasteiger partial charge in [-0.25, -0.2) is 20.0 Å². The molecule has 0 saturated heterocycles. The van der Waals surface area contributed by atoms with Gasteiger partial charge in [-0.3, -0.25) is 0 Å². The van der Waals surface area contributed by atoms with E-state index >= 15 is 0 Å². The molecule has 0 bridgehead atoms. The number of hydrazine groups is 1. The molecular formula is C7H7FN2O2. The number of nitrogens with two attached hydrogens (primary N) is 1. The molecule has 1 rings (SSSR count). The second-order valence-electron chi connectivity index (χ2n) is 2.13. The molecular weight excluding hydrogens is 163 g/mol. The van der Waals surface area contributed by atoms with E-state index in [1.165, 1.54) is 18.2 Å². The molecule has 0 saturated carbocycles. The molecule has 0 radical (unpaired) electrons. The predicted molar refractivity (Wildman–Crippen MR) is 41.1 cm³/mol. The number of carbonyl (C=O) groups is 1. The highest BCUT2D eigenvalue weighted by molar-refractivity contribution is 5.84. The Balaban J connectivity index is 2.95. The first-order chi connectivity index (χ1) is 5.61. The highest BCUT2D eigenvalue weighted by Crippen LogP contribution is 2.11. The zero-order valence-electron chi connectivity index (χ0n) is 6.07. The van der Waals surface area contributed by atoms with Crippen LogP contribution in [0.25, 0.3) is 0 Å². The number of hydrogen-bond acceptors (Lipinski definition) is 2. The lowest BCUT2D eigenvalue weighted by atomic mass is 10.3. The van der Waals surface area contributed by atoms with Crippen molar-refractivity contribution in [2.75, 3.05) is 5.01 Å². The Labute approximate surface area is 68.0 Å². The fourth-order valence-corrected chi connectivity index (χ4v) is 0.736. The Bertz CT molecular complexity index is 303. The molecule has 3 N–H and O–H groups in total. The lowest BCUT2D eigenvalue weighted by molar-refractivity contribution is 0.202. The SMILES string of the molecule is NN(C(=O)O)c1cccc(F)c1. The molecule has 1 amide bonds. The minimum absolute atomic E-state index is 0.0995. The Hall–Kier alpha value is -1.62. The number of anilines is 1. The number of nitrogens with zero attached hydrogens (tertiary/aromatic N) is 1. The van der Waals surface area contributed by atoms with Gasteiger partial charge in [0.25, 0.3) is 0 Å². The summed E-state index contributed by atoms with van der Waals surface area (Å²) in [7, 11) is 0. The van der Waals surface area contributed by atoms with Gasteiger partial charge in [0.1, 0.15) is 5.82 Å². The second kappa shape index (κ2) is 3.19. The van der Waals surface area contributed by atoms with Crippen LogP contribution in [0.15, 0.2) is 24.3 Å². The maximum Gasteiger partial charge on any atom is 0.426 e. The van der Waals surface area contributed by atoms with Crippen LogP contribution in [0.4, 0.5) is 14.9 Å². The summed E-state index contributed by atoms with van der Waals surface area (Å²) in [5, 5.41) is 8.85. The zero-order valence-corrected chi connectivity index (χ0v) is 6.07. The molecule has 1 aromatic carbocycles. The lowest BCUT2D eigenvalue weighted by Gasteiger charge is -2.11. The van der Waals surface area contributed by atoms with Crippen molar-refractivity contribution in [3.63, 3.8) is 0 Å². The molecule has 0 aromatic heterocycles. The van der Waals surface area contributed by atoms with Crippen LogP contribution in [-0.4, -0.2) is 11.2 Å². The predicted octanol–water partition coefficient (Wildman–Crippen LogP) is 1.18. The van der Waals surface area contributed by atoms with Crippen molar-refractivity contribution in [2.45, 2.75) is 0 Å². The smallest absolute Gasteiger partial charge is 0.426 e. The van der Waals surface area contributed by atoms with Gasteiger partial charge in [0.05, 0.1) is 5.69 Å². The van der Waals surface area contributed by atoms with Crippen LogP contribution in [0.1, 0.15) is 0 Å². The molecule has 64 valence electrons. The largest absolute Gasteiger partial charge is 0.464 e. The van der Waals surface area contributed by atoms with E-state index in [-0.39, 0.29) is 5.69 Å². The van der Waals surface area contributed by atoms with Gasteiger partial charge in [0.15, 0.2) is 0 Å². The van der Waals surface area contributed by atoms with Gasteiger partial charge in [-0.2, -0.15) is 0 Å². The number of rotatable bonds is 1. The molecule has 1 aromatic rings. The van der Waals surface area contributed by atoms with Crippen molar-refractivity contribution in [3.05, 3.63) is 30.1 Å². The summed E-state index contributed by atoms with van der Waals surface area (Å²) in [6.07, 6.45) is -1.33. The van der Waals surface area contributed by atoms with Crippen LogP contribution >= 0.6 is 0 Å². The second-order valence-corrected chi connectivity index (χ2v) is 2.13. The number of carboxylic acid groups (broad SMARTS) is 1. The molecule has 0 atom stereocenters. The minimum Gasteiger partial charge on any atom is -0.464 e. The first kappa shape index (κ1) is 8.48. The van der Waals surface area contributed by atoms with Gasteiger partial charge in [-0.15, -0.1) is 0 Å². The third-order valence-electron chi connectivity index (χ3n) is 1.29. The average molecular weight is 170 g/mol. The van der Waals surface area contributed by atoms with Crippen LogP contribution < -0.4 is 10.9 Å². The molecule has 12 heavy (non-hydrogen) atoms. The first-order valence-corrected chi connectivity index (χ1v) is 3.14. The Morgan fingerprint density at radius 2 is 2.25 bits per heavy atom. The van der Waals surface area contributed by atoms with Crippen molar-refractivity contribution in [3.8, 4) is 0 Å². The maximum absolute atomic E-state index is 12.5. The topological polar surface area (TPSA) is 66.6 Å². The van der Waals surface area contributed by atoms with E-state index in [1.54, 1.807) is 0 Å². The van der Waals surface area contributed by atoms with Gasteiger partial charge < -0.3 is 5.11 Å². The Morgan fingerprint density at radius 1 is 1.58 bits per heavy atom. The standard InChI is InChI=1S/C7H7FN2O2/c8-5-2-1-3-6(4-5)10(9)7(11)12/h1-4H,9H2,(H,11,12). The van der Waals surface area contributed by atoms with E-state index in [9.17, 15) is 9.18 Å². The average Bonchev–Trinajstić information content (AvgIpc) is 2.03. The van der Waals surface area contributed by atoms with Crippen LogP contribution in [0.2, 0.25) is 0 Å². The molecule has 0 aliphatic rings. The van der Waals surface area contributed by atoms with Crippen molar-refractivity contribution < 1.29 is 14.3 Å². The maximum atomic E-state index is 12.5. The third-order valence-corrected chi connectivity index (χ3v) is 1.29. The monoisotopic (exact) mass is 170 g/mol. The van der Waals surface area contributed by atoms with E-state index in [1.807, 2.05) is 0 Å². The number of hydrogen-bond donors (Lipinski definition) is 2. The lowest BCUT2D eigenvalue weighted by Crippen LogP contribution is -2.35. The van der Waals surface area contributed by atoms with Gasteiger partial charge >= 0.3 is 6.09 Å². The van der Waals surface area contributed by atoms with Gasteiger partial charge in [0, 0.05) is 0 Å². The molecule has 0 heterocycles. The summed E-state index contributed by atoms with van der Waals surface area (Å²) < 4.78 is 12.5. The van der Waals surface area contributed by atoms with Crippen LogP contribution in [-0.2, 0) is 0 Å². The highest BCUT2D eigenvalue weighted by Gasteiger charge is 2.08. The molecule has 0 aliphatic carbocycles. The zero-order chi connectivity index (χ0) is 9.14. The molecule has 5 heteroatoms. The van der Waals surface area contributed by atoms with Gasteiger partial charge in [0.2, 0.25) is 0 Å². The molecule has 0 fully saturated rings. The molecule has 0 unspecified atom stereocenters. The van der Waals surface area contributed by atoms with Gasteiger partial charge in [-0.1, -0.05) is 6.07 Å². The number of benzene rings is 1. The number of amides is 1. The van der Waals surface area contributed by atoms with E-state index < -0.39 is 11.9 Å². The van der Waals surface area contributed by atoms with Crippen molar-refractivity contribution in [1.29, 1.82) is 0 Å². The normalized spacial score (nSPS) is 9.50. The van der Waals surface area contributed by atoms with Gasteiger partial charge in [-0.05, 0) is 18.2 Å². The molecule has 4 nitrogen and oxygen atoms in total. The summed E-state index contributed by atoms with van der Waals surface area (Å²) in [4.78, 5) is 10.3. The third kappa shape index (κ3) is 1.70. The fourth-order valence-electron chi connectivity index (χ4n) is 0.736. The quantitative estimate of drug-likeness (QED) is 0.378. The molecule has 0 spiro atoms. The minimum atomic E-state index is -1.33. The fraction of sp³-hybridized carbons (Fsp3) is 0. The van der Waals surface area contributed by atoms with E-state index in [0.29, 0.717) is 5.01 Å². The van der Waals surface area contributed by atoms with E-state index in [0.717, 1.165) is 6.07 Å². The summed E-state index contributed by atoms with van der Waals surface area (Å²) >= 11 is 0. The van der Waals surface area contributed by atoms with Crippen LogP contribution in [0, 0.1) is 5.82 Å². The Kier molecular flexibility index (Phi) is 2.25. The highest BCUT2D eigenvalue weighted by atomic mass is 19.1. The van der Waals surface area contributed by atoms with Crippen molar-refractivity contribution in [2.24, 2.45) is 5.84 Å². The van der Waals surface area contributed by atoms with Crippen molar-refractivity contribution in [1.82, 2.24) is 0 Å². The first-order valence-electron chi connectivity index (χ1n) is 3.14. The van der Waals surface area contributed by atoms with Crippen molar-refractivity contribution >= 4 is 11.8 Å².